The van der Waals surface area contributed by atoms with Crippen molar-refractivity contribution in [1.29, 1.82) is 0 Å². The standard InChI is InChI=1S/C14H19NO6S/c1-9-6-11(20-2)12(21-3)7-13(9)22(18,19)15-5-4-10(8-15)14(16)17/h6-7,10H,4-5,8H2,1-3H3,(H,16,17). The van der Waals surface area contributed by atoms with Crippen LogP contribution in [0.5, 0.6) is 11.5 Å². The number of ether oxygens (including phenoxy) is 2. The topological polar surface area (TPSA) is 93.1 Å². The van der Waals surface area contributed by atoms with Gasteiger partial charge in [0.25, 0.3) is 0 Å². The Labute approximate surface area is 129 Å². The third-order valence-corrected chi connectivity index (χ3v) is 5.81. The van der Waals surface area contributed by atoms with Crippen LogP contribution in [-0.4, -0.2) is 51.1 Å². The highest BCUT2D eigenvalue weighted by atomic mass is 32.2. The number of sulfonamides is 1. The lowest BCUT2D eigenvalue weighted by Crippen LogP contribution is -2.30. The molecule has 7 nitrogen and oxygen atoms in total. The molecule has 122 valence electrons. The number of carboxylic acids is 1. The van der Waals surface area contributed by atoms with Crippen LogP contribution in [0.4, 0.5) is 0 Å². The Morgan fingerprint density at radius 3 is 2.36 bits per heavy atom. The molecule has 8 heteroatoms. The minimum Gasteiger partial charge on any atom is -0.493 e. The van der Waals surface area contributed by atoms with Crippen molar-refractivity contribution in [3.05, 3.63) is 17.7 Å². The van der Waals surface area contributed by atoms with Crippen LogP contribution in [0, 0.1) is 12.8 Å². The molecule has 0 radical (unpaired) electrons. The minimum atomic E-state index is -3.76. The van der Waals surface area contributed by atoms with Crippen LogP contribution in [0.1, 0.15) is 12.0 Å². The minimum absolute atomic E-state index is 0.00848. The number of hydrogen-bond donors (Lipinski definition) is 1. The second-order valence-corrected chi connectivity index (χ2v) is 7.07. The van der Waals surface area contributed by atoms with Gasteiger partial charge in [-0.25, -0.2) is 8.42 Å². The average molecular weight is 329 g/mol. The van der Waals surface area contributed by atoms with E-state index in [2.05, 4.69) is 0 Å². The SMILES string of the molecule is COc1cc(C)c(S(=O)(=O)N2CCC(C(=O)O)C2)cc1OC. The monoisotopic (exact) mass is 329 g/mol. The fourth-order valence-electron chi connectivity index (χ4n) is 2.53. The van der Waals surface area contributed by atoms with Gasteiger partial charge in [-0.3, -0.25) is 4.79 Å². The van der Waals surface area contributed by atoms with Crippen LogP contribution in [0.3, 0.4) is 0 Å². The summed E-state index contributed by atoms with van der Waals surface area (Å²) in [5.74, 6) is -0.860. The summed E-state index contributed by atoms with van der Waals surface area (Å²) in [5, 5.41) is 9.01. The van der Waals surface area contributed by atoms with Gasteiger partial charge in [0.15, 0.2) is 11.5 Å². The molecule has 1 aliphatic heterocycles. The zero-order valence-corrected chi connectivity index (χ0v) is 13.5. The number of methoxy groups -OCH3 is 2. The quantitative estimate of drug-likeness (QED) is 0.870. The summed E-state index contributed by atoms with van der Waals surface area (Å²) in [7, 11) is -0.853. The second kappa shape index (κ2) is 6.13. The maximum Gasteiger partial charge on any atom is 0.307 e. The van der Waals surface area contributed by atoms with Gasteiger partial charge in [-0.05, 0) is 25.0 Å². The normalized spacial score (nSPS) is 19.1. The molecule has 1 N–H and O–H groups in total. The maximum atomic E-state index is 12.7. The first-order chi connectivity index (χ1) is 10.3. The van der Waals surface area contributed by atoms with Gasteiger partial charge in [0.2, 0.25) is 10.0 Å². The number of carboxylic acid groups (broad SMARTS) is 1. The van der Waals surface area contributed by atoms with Crippen molar-refractivity contribution in [2.45, 2.75) is 18.2 Å². The molecule has 0 aromatic heterocycles. The summed E-state index contributed by atoms with van der Waals surface area (Å²) >= 11 is 0. The molecule has 1 saturated heterocycles. The van der Waals surface area contributed by atoms with E-state index < -0.39 is 21.9 Å². The molecule has 2 rings (SSSR count). The van der Waals surface area contributed by atoms with E-state index in [1.807, 2.05) is 0 Å². The van der Waals surface area contributed by atoms with Crippen molar-refractivity contribution in [2.75, 3.05) is 27.3 Å². The number of aliphatic carboxylic acids is 1. The van der Waals surface area contributed by atoms with Crippen molar-refractivity contribution in [2.24, 2.45) is 5.92 Å². The third-order valence-electron chi connectivity index (χ3n) is 3.80. The van der Waals surface area contributed by atoms with Gasteiger partial charge in [0.1, 0.15) is 0 Å². The number of benzene rings is 1. The summed E-state index contributed by atoms with van der Waals surface area (Å²) in [6.45, 7) is 1.86. The predicted molar refractivity (Wildman–Crippen MR) is 78.8 cm³/mol. The summed E-state index contributed by atoms with van der Waals surface area (Å²) in [6, 6.07) is 3.01. The molecule has 1 atom stereocenters. The van der Waals surface area contributed by atoms with Gasteiger partial charge in [-0.1, -0.05) is 0 Å². The van der Waals surface area contributed by atoms with E-state index in [0.717, 1.165) is 0 Å². The molecule has 1 aromatic rings. The van der Waals surface area contributed by atoms with E-state index >= 15 is 0 Å². The Morgan fingerprint density at radius 1 is 1.27 bits per heavy atom. The summed E-state index contributed by atoms with van der Waals surface area (Å²) in [5.41, 5.74) is 0.524. The zero-order valence-electron chi connectivity index (χ0n) is 12.7. The number of aryl methyl sites for hydroxylation is 1. The van der Waals surface area contributed by atoms with Crippen LogP contribution in [0.2, 0.25) is 0 Å². The van der Waals surface area contributed by atoms with Crippen molar-refractivity contribution >= 4 is 16.0 Å². The Kier molecular flexibility index (Phi) is 4.62. The molecule has 0 bridgehead atoms. The first kappa shape index (κ1) is 16.6. The van der Waals surface area contributed by atoms with Crippen molar-refractivity contribution in [1.82, 2.24) is 4.31 Å². The van der Waals surface area contributed by atoms with E-state index in [0.29, 0.717) is 23.5 Å². The summed E-state index contributed by atoms with van der Waals surface area (Å²) < 4.78 is 37.0. The first-order valence-corrected chi connectivity index (χ1v) is 8.20. The second-order valence-electron chi connectivity index (χ2n) is 5.16. The van der Waals surface area contributed by atoms with Gasteiger partial charge in [0.05, 0.1) is 25.0 Å². The van der Waals surface area contributed by atoms with E-state index in [1.165, 1.54) is 24.6 Å². The van der Waals surface area contributed by atoms with E-state index in [-0.39, 0.29) is 18.0 Å². The Bertz CT molecular complexity index is 685. The lowest BCUT2D eigenvalue weighted by atomic mass is 10.1. The molecule has 0 amide bonds. The molecule has 1 aliphatic rings. The van der Waals surface area contributed by atoms with Crippen LogP contribution < -0.4 is 9.47 Å². The van der Waals surface area contributed by atoms with Gasteiger partial charge < -0.3 is 14.6 Å². The van der Waals surface area contributed by atoms with Crippen LogP contribution >= 0.6 is 0 Å². The van der Waals surface area contributed by atoms with Crippen molar-refractivity contribution in [3.63, 3.8) is 0 Å². The zero-order chi connectivity index (χ0) is 16.5. The van der Waals surface area contributed by atoms with E-state index in [9.17, 15) is 13.2 Å². The summed E-state index contributed by atoms with van der Waals surface area (Å²) in [6.07, 6.45) is 0.320. The number of rotatable bonds is 5. The van der Waals surface area contributed by atoms with Crippen molar-refractivity contribution in [3.8, 4) is 11.5 Å². The molecule has 0 spiro atoms. The molecular weight excluding hydrogens is 310 g/mol. The molecule has 0 aliphatic carbocycles. The molecule has 1 fully saturated rings. The molecule has 22 heavy (non-hydrogen) atoms. The molecule has 1 unspecified atom stereocenters. The molecule has 1 aromatic carbocycles. The van der Waals surface area contributed by atoms with Crippen molar-refractivity contribution < 1.29 is 27.8 Å². The number of nitrogens with zero attached hydrogens (tertiary/aromatic N) is 1. The highest BCUT2D eigenvalue weighted by Gasteiger charge is 2.36. The Morgan fingerprint density at radius 2 is 1.86 bits per heavy atom. The van der Waals surface area contributed by atoms with Gasteiger partial charge in [-0.2, -0.15) is 4.31 Å². The molecule has 0 saturated carbocycles. The van der Waals surface area contributed by atoms with Crippen LogP contribution in [0.15, 0.2) is 17.0 Å². The summed E-state index contributed by atoms with van der Waals surface area (Å²) in [4.78, 5) is 11.1. The van der Waals surface area contributed by atoms with E-state index in [4.69, 9.17) is 14.6 Å². The lowest BCUT2D eigenvalue weighted by molar-refractivity contribution is -0.141. The first-order valence-electron chi connectivity index (χ1n) is 6.76. The Hall–Kier alpha value is -1.80. The van der Waals surface area contributed by atoms with Crippen LogP contribution in [-0.2, 0) is 14.8 Å². The average Bonchev–Trinajstić information content (AvgIpc) is 2.97. The number of hydrogen-bond acceptors (Lipinski definition) is 5. The third kappa shape index (κ3) is 2.89. The fraction of sp³-hybridized carbons (Fsp3) is 0.500. The van der Waals surface area contributed by atoms with Crippen LogP contribution in [0.25, 0.3) is 0 Å². The molecule has 1 heterocycles. The number of carbonyl (C=O) groups is 1. The van der Waals surface area contributed by atoms with Gasteiger partial charge in [0, 0.05) is 19.2 Å². The largest absolute Gasteiger partial charge is 0.493 e. The Balaban J connectivity index is 2.40. The highest BCUT2D eigenvalue weighted by molar-refractivity contribution is 7.89. The fourth-order valence-corrected chi connectivity index (χ4v) is 4.25. The maximum absolute atomic E-state index is 12.7. The van der Waals surface area contributed by atoms with Gasteiger partial charge in [-0.15, -0.1) is 0 Å². The lowest BCUT2D eigenvalue weighted by Gasteiger charge is -2.19. The van der Waals surface area contributed by atoms with Gasteiger partial charge >= 0.3 is 5.97 Å². The smallest absolute Gasteiger partial charge is 0.307 e. The highest BCUT2D eigenvalue weighted by Crippen LogP contribution is 2.34. The predicted octanol–water partition coefficient (Wildman–Crippen LogP) is 1.11. The molecular formula is C14H19NO6S. The van der Waals surface area contributed by atoms with E-state index in [1.54, 1.807) is 13.0 Å².